The average Bonchev–Trinajstić information content (AvgIpc) is 3.33. The van der Waals surface area contributed by atoms with Gasteiger partial charge in [-0.3, -0.25) is 0 Å². The highest BCUT2D eigenvalue weighted by molar-refractivity contribution is 5.94. The molecule has 0 aliphatic heterocycles. The molecule has 0 atom stereocenters. The van der Waals surface area contributed by atoms with Crippen LogP contribution in [0.1, 0.15) is 72.2 Å². The summed E-state index contributed by atoms with van der Waals surface area (Å²) in [7, 11) is 0. The monoisotopic (exact) mass is 512 g/mol. The number of fused-ring (bicyclic) bond motifs is 7. The Labute approximate surface area is 237 Å². The maximum Gasteiger partial charge on any atom is 0.0327 e. The Hall–Kier alpha value is -4.60. The third kappa shape index (κ3) is 3.28. The lowest BCUT2D eigenvalue weighted by Crippen LogP contribution is -2.17. The van der Waals surface area contributed by atoms with E-state index < -0.39 is 0 Å². The molecule has 0 unspecified atom stereocenters. The van der Waals surface area contributed by atoms with Crippen LogP contribution in [-0.4, -0.2) is 0 Å². The molecule has 0 bridgehead atoms. The van der Waals surface area contributed by atoms with Gasteiger partial charge in [0, 0.05) is 22.0 Å². The van der Waals surface area contributed by atoms with E-state index >= 15 is 0 Å². The minimum Gasteiger partial charge on any atom is -0.0984 e. The molecule has 0 heterocycles. The van der Waals surface area contributed by atoms with Gasteiger partial charge in [-0.15, -0.1) is 0 Å². The Morgan fingerprint density at radius 3 is 2.10 bits per heavy atom. The van der Waals surface area contributed by atoms with Gasteiger partial charge in [0.15, 0.2) is 0 Å². The highest BCUT2D eigenvalue weighted by Crippen LogP contribution is 2.57. The molecule has 5 aromatic carbocycles. The van der Waals surface area contributed by atoms with E-state index in [2.05, 4.69) is 138 Å². The van der Waals surface area contributed by atoms with E-state index in [0.717, 1.165) is 16.7 Å². The second kappa shape index (κ2) is 8.45. The Kier molecular flexibility index (Phi) is 5.16. The van der Waals surface area contributed by atoms with E-state index in [4.69, 9.17) is 0 Å². The quantitative estimate of drug-likeness (QED) is 0.206. The average molecular weight is 513 g/mol. The first kappa shape index (κ1) is 24.4. The molecule has 0 fully saturated rings. The molecular weight excluding hydrogens is 480 g/mol. The van der Waals surface area contributed by atoms with Gasteiger partial charge in [0.25, 0.3) is 0 Å². The van der Waals surface area contributed by atoms with Crippen LogP contribution in [0.3, 0.4) is 0 Å². The van der Waals surface area contributed by atoms with Crippen molar-refractivity contribution in [2.75, 3.05) is 0 Å². The molecule has 0 nitrogen and oxygen atoms in total. The maximum absolute atomic E-state index is 4.18. The summed E-state index contributed by atoms with van der Waals surface area (Å²) < 4.78 is 0. The summed E-state index contributed by atoms with van der Waals surface area (Å²) in [4.78, 5) is 0. The summed E-state index contributed by atoms with van der Waals surface area (Å²) in [6, 6.07) is 30.9. The molecule has 192 valence electrons. The maximum atomic E-state index is 4.18. The van der Waals surface area contributed by atoms with Gasteiger partial charge in [0.2, 0.25) is 0 Å². The smallest absolute Gasteiger partial charge is 0.0327 e. The van der Waals surface area contributed by atoms with E-state index in [0.29, 0.717) is 0 Å². The van der Waals surface area contributed by atoms with Crippen LogP contribution in [0.4, 0.5) is 0 Å². The van der Waals surface area contributed by atoms with E-state index in [1.54, 1.807) is 0 Å². The molecule has 0 amide bonds. The minimum atomic E-state index is -0.131. The van der Waals surface area contributed by atoms with Crippen LogP contribution in [0, 0.1) is 11.8 Å². The zero-order valence-corrected chi connectivity index (χ0v) is 23.7. The van der Waals surface area contributed by atoms with Gasteiger partial charge in [-0.1, -0.05) is 119 Å². The highest BCUT2D eigenvalue weighted by Gasteiger charge is 2.42. The van der Waals surface area contributed by atoms with Crippen molar-refractivity contribution in [3.05, 3.63) is 143 Å². The molecule has 0 spiro atoms. The molecular formula is C40H32. The number of rotatable bonds is 2. The van der Waals surface area contributed by atoms with Crippen LogP contribution in [0.2, 0.25) is 0 Å². The fourth-order valence-corrected chi connectivity index (χ4v) is 7.05. The molecule has 0 radical (unpaired) electrons. The molecule has 2 aliphatic rings. The van der Waals surface area contributed by atoms with Crippen molar-refractivity contribution >= 4 is 22.9 Å². The summed E-state index contributed by atoms with van der Waals surface area (Å²) >= 11 is 0. The molecule has 0 aromatic heterocycles. The second-order valence-electron chi connectivity index (χ2n) is 12.1. The van der Waals surface area contributed by atoms with Gasteiger partial charge < -0.3 is 0 Å². The van der Waals surface area contributed by atoms with Crippen LogP contribution in [0.15, 0.2) is 98.1 Å². The van der Waals surface area contributed by atoms with Gasteiger partial charge in [0.1, 0.15) is 0 Å². The summed E-state index contributed by atoms with van der Waals surface area (Å²) in [6.45, 7) is 17.6. The SMILES string of the molecule is C=Cc1ccc2c(c1C=C)-c1cc3c(cc1C2(C)C)-c1ccc(C#Cc2cccc4ccccc24)cc1C3(C)C. The first-order valence-corrected chi connectivity index (χ1v) is 14.0. The lowest BCUT2D eigenvalue weighted by molar-refractivity contribution is 0.652. The number of hydrogen-bond acceptors (Lipinski definition) is 0. The van der Waals surface area contributed by atoms with Gasteiger partial charge in [-0.2, -0.15) is 0 Å². The van der Waals surface area contributed by atoms with Gasteiger partial charge in [-0.25, -0.2) is 0 Å². The van der Waals surface area contributed by atoms with E-state index in [1.807, 2.05) is 12.2 Å². The molecule has 0 N–H and O–H groups in total. The lowest BCUT2D eigenvalue weighted by Gasteiger charge is -2.24. The summed E-state index contributed by atoms with van der Waals surface area (Å²) in [5.74, 6) is 6.93. The molecule has 7 rings (SSSR count). The first-order valence-electron chi connectivity index (χ1n) is 14.0. The number of benzene rings is 5. The largest absolute Gasteiger partial charge is 0.0984 e. The van der Waals surface area contributed by atoms with E-state index in [1.165, 1.54) is 60.8 Å². The van der Waals surface area contributed by atoms with Crippen molar-refractivity contribution in [3.63, 3.8) is 0 Å². The first-order chi connectivity index (χ1) is 19.3. The van der Waals surface area contributed by atoms with Crippen molar-refractivity contribution in [1.82, 2.24) is 0 Å². The normalized spacial score (nSPS) is 14.9. The summed E-state index contributed by atoms with van der Waals surface area (Å²) in [5, 5.41) is 2.42. The van der Waals surface area contributed by atoms with Crippen LogP contribution >= 0.6 is 0 Å². The van der Waals surface area contributed by atoms with Crippen molar-refractivity contribution in [2.24, 2.45) is 0 Å². The Bertz CT molecular complexity index is 1980. The van der Waals surface area contributed by atoms with E-state index in [-0.39, 0.29) is 10.8 Å². The Balaban J connectivity index is 1.37. The Morgan fingerprint density at radius 2 is 1.30 bits per heavy atom. The molecule has 0 saturated carbocycles. The van der Waals surface area contributed by atoms with Crippen LogP contribution < -0.4 is 0 Å². The predicted molar refractivity (Wildman–Crippen MR) is 172 cm³/mol. The topological polar surface area (TPSA) is 0 Å². The predicted octanol–water partition coefficient (Wildman–Crippen LogP) is 10.1. The Morgan fingerprint density at radius 1 is 0.600 bits per heavy atom. The third-order valence-corrected chi connectivity index (χ3v) is 9.26. The molecule has 0 saturated heterocycles. The zero-order valence-electron chi connectivity index (χ0n) is 23.7. The summed E-state index contributed by atoms with van der Waals surface area (Å²) in [5.41, 5.74) is 15.0. The zero-order chi connectivity index (χ0) is 27.8. The molecule has 0 heteroatoms. The van der Waals surface area contributed by atoms with Crippen LogP contribution in [0.25, 0.3) is 45.2 Å². The fourth-order valence-electron chi connectivity index (χ4n) is 7.05. The standard InChI is InChI=1S/C40H32/c1-7-26-19-21-34-38(29(26)8-2)33-24-36-32(23-37(33)39(34,3)4)31-20-17-25(22-35(31)40(36,5)6)16-18-28-14-11-13-27-12-9-10-15-30(27)28/h7-15,17,19-24H,1-2H2,3-6H3. The lowest BCUT2D eigenvalue weighted by atomic mass is 9.79. The van der Waals surface area contributed by atoms with Crippen LogP contribution in [-0.2, 0) is 10.8 Å². The fraction of sp³-hybridized carbons (Fsp3) is 0.150. The second-order valence-corrected chi connectivity index (χ2v) is 12.1. The highest BCUT2D eigenvalue weighted by atomic mass is 14.4. The van der Waals surface area contributed by atoms with Crippen molar-refractivity contribution in [1.29, 1.82) is 0 Å². The molecule has 5 aromatic rings. The van der Waals surface area contributed by atoms with Gasteiger partial charge >= 0.3 is 0 Å². The van der Waals surface area contributed by atoms with E-state index in [9.17, 15) is 0 Å². The van der Waals surface area contributed by atoms with Gasteiger partial charge in [0.05, 0.1) is 0 Å². The van der Waals surface area contributed by atoms with Crippen molar-refractivity contribution in [3.8, 4) is 34.1 Å². The summed E-state index contributed by atoms with van der Waals surface area (Å²) in [6.07, 6.45) is 3.94. The van der Waals surface area contributed by atoms with Crippen LogP contribution in [0.5, 0.6) is 0 Å². The molecule has 40 heavy (non-hydrogen) atoms. The third-order valence-electron chi connectivity index (χ3n) is 9.26. The van der Waals surface area contributed by atoms with Crippen molar-refractivity contribution in [2.45, 2.75) is 38.5 Å². The molecule has 2 aliphatic carbocycles. The van der Waals surface area contributed by atoms with Crippen molar-refractivity contribution < 1.29 is 0 Å². The number of hydrogen-bond donors (Lipinski definition) is 0. The van der Waals surface area contributed by atoms with Gasteiger partial charge in [-0.05, 0) is 96.7 Å². The minimum absolute atomic E-state index is 0.0894.